The van der Waals surface area contributed by atoms with Gasteiger partial charge in [0.25, 0.3) is 0 Å². The van der Waals surface area contributed by atoms with E-state index in [0.29, 0.717) is 0 Å². The van der Waals surface area contributed by atoms with Gasteiger partial charge in [-0.1, -0.05) is 359 Å². The van der Waals surface area contributed by atoms with Crippen molar-refractivity contribution in [3.63, 3.8) is 0 Å². The number of anilines is 6. The van der Waals surface area contributed by atoms with Crippen LogP contribution in [0.1, 0.15) is 11.1 Å². The van der Waals surface area contributed by atoms with Gasteiger partial charge in [-0.25, -0.2) is 0 Å². The third kappa shape index (κ3) is 14.6. The molecule has 0 N–H and O–H groups in total. The Hall–Kier alpha value is -13.9. The molecule has 0 aliphatic carbocycles. The monoisotopic (exact) mass is 1600 g/mol. The first kappa shape index (κ1) is 71.4. The Bertz CT molecular complexity index is 6700. The first-order valence-electron chi connectivity index (χ1n) is 39.0. The zero-order valence-electron chi connectivity index (χ0n) is 63.0. The molecule has 115 heavy (non-hydrogen) atoms. The van der Waals surface area contributed by atoms with E-state index in [-0.39, 0.29) is 0 Å². The van der Waals surface area contributed by atoms with Crippen LogP contribution in [0.4, 0.5) is 34.1 Å². The molecular weight excluding hydrogens is 1530 g/mol. The quantitative estimate of drug-likeness (QED) is 0.108. The standard InChI is InChI=1S/C62H43N3.C30H19Br2N.C17H14/c1-5-19-44(20-6-1)48-35-37-61-57(39-48)58-40-49(45-21-7-2-8-22-45)36-38-62(58)65(61)54-42-52(63(50-27-9-3-10-28-50)59-33-17-25-46-23-13-15-31-55(46)59)41-53(43-54)64(51-29-11-4-12-30-51)60-34-18-26-47-24-14-16-32-56(47)60;31-24-17-25(32)19-26(18-24)33-29-13-11-22(20-7-3-1-4-8-20)15-27(29)28-16-23(12-14-30(28)33)21-9-5-2-6-10-21;1-2-7-14(8-3-1)13-16-11-6-10-15-9-4-5-12-17(15)16/h1-43H;1-19H;1-12H,13H2. The molecule has 0 spiro atoms. The van der Waals surface area contributed by atoms with Gasteiger partial charge in [0, 0.05) is 58.3 Å². The third-order valence-corrected chi connectivity index (χ3v) is 22.8. The second-order valence-electron chi connectivity index (χ2n) is 29.0. The predicted molar refractivity (Wildman–Crippen MR) is 496 cm³/mol. The first-order chi connectivity index (χ1) is 56.8. The Kier molecular flexibility index (Phi) is 19.9. The SMILES string of the molecule is Brc1cc(Br)cc(-n2c3ccc(-c4ccccc4)cc3c3cc(-c4ccccc4)ccc32)c1.c1ccc(-c2ccc3c(c2)c2cc(-c4ccccc4)ccc2n3-c2cc(N(c3ccccc3)c3cccc4ccccc34)cc(N(c3ccccc3)c3cccc4ccccc34)c2)cc1.c1ccc(Cc2cccc3ccccc23)cc1. The second kappa shape index (κ2) is 32.1. The lowest BCUT2D eigenvalue weighted by atomic mass is 9.99. The molecule has 4 nitrogen and oxygen atoms in total. The summed E-state index contributed by atoms with van der Waals surface area (Å²) in [6, 6.07) is 162. The van der Waals surface area contributed by atoms with Crippen molar-refractivity contribution in [2.24, 2.45) is 0 Å². The molecule has 21 rings (SSSR count). The minimum Gasteiger partial charge on any atom is -0.310 e. The number of aromatic nitrogens is 2. The van der Waals surface area contributed by atoms with E-state index in [4.69, 9.17) is 0 Å². The van der Waals surface area contributed by atoms with Crippen LogP contribution in [0.3, 0.4) is 0 Å². The van der Waals surface area contributed by atoms with Crippen LogP contribution in [0.15, 0.2) is 458 Å². The Morgan fingerprint density at radius 1 is 0.200 bits per heavy atom. The van der Waals surface area contributed by atoms with Crippen molar-refractivity contribution >= 4 is 142 Å². The molecule has 19 aromatic carbocycles. The van der Waals surface area contributed by atoms with Gasteiger partial charge in [0.2, 0.25) is 0 Å². The summed E-state index contributed by atoms with van der Waals surface area (Å²) in [4.78, 5) is 4.85. The zero-order chi connectivity index (χ0) is 77.0. The van der Waals surface area contributed by atoms with E-state index in [1.165, 1.54) is 121 Å². The van der Waals surface area contributed by atoms with Gasteiger partial charge < -0.3 is 18.9 Å². The highest BCUT2D eigenvalue weighted by Crippen LogP contribution is 2.48. The highest BCUT2D eigenvalue weighted by molar-refractivity contribution is 9.11. The van der Waals surface area contributed by atoms with Gasteiger partial charge in [-0.2, -0.15) is 0 Å². The van der Waals surface area contributed by atoms with Crippen LogP contribution in [-0.2, 0) is 6.42 Å². The van der Waals surface area contributed by atoms with E-state index in [1.807, 2.05) is 0 Å². The number of benzene rings is 19. The third-order valence-electron chi connectivity index (χ3n) is 21.9. The predicted octanol–water partition coefficient (Wildman–Crippen LogP) is 31.4. The van der Waals surface area contributed by atoms with Gasteiger partial charge >= 0.3 is 0 Å². The highest BCUT2D eigenvalue weighted by Gasteiger charge is 2.25. The molecule has 0 saturated heterocycles. The number of para-hydroxylation sites is 2. The molecule has 0 aliphatic rings. The van der Waals surface area contributed by atoms with Crippen LogP contribution in [-0.4, -0.2) is 9.13 Å². The van der Waals surface area contributed by atoms with E-state index < -0.39 is 0 Å². The smallest absolute Gasteiger partial charge is 0.0541 e. The fourth-order valence-electron chi connectivity index (χ4n) is 16.6. The Balaban J connectivity index is 0.000000145. The summed E-state index contributed by atoms with van der Waals surface area (Å²) < 4.78 is 6.91. The topological polar surface area (TPSA) is 16.3 Å². The van der Waals surface area contributed by atoms with Crippen LogP contribution in [0.2, 0.25) is 0 Å². The van der Waals surface area contributed by atoms with Gasteiger partial charge in [-0.15, -0.1) is 0 Å². The number of hydrogen-bond acceptors (Lipinski definition) is 2. The minimum absolute atomic E-state index is 1.00. The van der Waals surface area contributed by atoms with Crippen LogP contribution >= 0.6 is 31.9 Å². The molecule has 2 heterocycles. The summed E-state index contributed by atoms with van der Waals surface area (Å²) in [6.07, 6.45) is 1.00. The van der Waals surface area contributed by atoms with Crippen LogP contribution < -0.4 is 9.80 Å². The van der Waals surface area contributed by atoms with Crippen LogP contribution in [0, 0.1) is 0 Å². The van der Waals surface area contributed by atoms with E-state index in [2.05, 4.69) is 500 Å². The van der Waals surface area contributed by atoms with E-state index in [1.54, 1.807) is 0 Å². The highest BCUT2D eigenvalue weighted by atomic mass is 79.9. The summed E-state index contributed by atoms with van der Waals surface area (Å²) in [5.41, 5.74) is 25.7. The summed E-state index contributed by atoms with van der Waals surface area (Å²) in [6.45, 7) is 0. The number of rotatable bonds is 14. The fourth-order valence-corrected chi connectivity index (χ4v) is 17.8. The number of fused-ring (bicyclic) bond motifs is 9. The van der Waals surface area contributed by atoms with Gasteiger partial charge in [0.05, 0.1) is 50.5 Å². The van der Waals surface area contributed by atoms with Crippen molar-refractivity contribution in [2.45, 2.75) is 6.42 Å². The number of hydrogen-bond donors (Lipinski definition) is 0. The lowest BCUT2D eigenvalue weighted by Crippen LogP contribution is -2.15. The van der Waals surface area contributed by atoms with Crippen molar-refractivity contribution in [3.8, 4) is 55.9 Å². The molecule has 0 unspecified atom stereocenters. The average Bonchev–Trinajstić information content (AvgIpc) is 1.56. The van der Waals surface area contributed by atoms with Crippen molar-refractivity contribution in [3.05, 3.63) is 469 Å². The van der Waals surface area contributed by atoms with Crippen molar-refractivity contribution in [1.29, 1.82) is 0 Å². The molecule has 0 aliphatic heterocycles. The van der Waals surface area contributed by atoms with Crippen LogP contribution in [0.25, 0.3) is 132 Å². The fraction of sp³-hybridized carbons (Fsp3) is 0.00917. The lowest BCUT2D eigenvalue weighted by molar-refractivity contribution is 1.16. The molecule has 0 atom stereocenters. The summed E-state index contributed by atoms with van der Waals surface area (Å²) in [5.74, 6) is 0. The van der Waals surface area contributed by atoms with E-state index >= 15 is 0 Å². The second-order valence-corrected chi connectivity index (χ2v) is 30.9. The average molecular weight is 1600 g/mol. The molecule has 0 bridgehead atoms. The number of halogens is 2. The Labute approximate surface area is 686 Å². The van der Waals surface area contributed by atoms with Gasteiger partial charge in [-0.05, 0) is 205 Å². The Morgan fingerprint density at radius 2 is 0.496 bits per heavy atom. The molecule has 0 amide bonds. The van der Waals surface area contributed by atoms with Gasteiger partial charge in [0.1, 0.15) is 0 Å². The molecule has 0 saturated carbocycles. The zero-order valence-corrected chi connectivity index (χ0v) is 66.1. The largest absolute Gasteiger partial charge is 0.310 e. The molecule has 6 heteroatoms. The van der Waals surface area contributed by atoms with Crippen LogP contribution in [0.5, 0.6) is 0 Å². The maximum absolute atomic E-state index is 3.67. The molecule has 546 valence electrons. The molecule has 21 aromatic rings. The molecule has 2 aromatic heterocycles. The molecular formula is C109H76Br2N4. The summed E-state index contributed by atoms with van der Waals surface area (Å²) >= 11 is 7.34. The van der Waals surface area contributed by atoms with Crippen molar-refractivity contribution in [1.82, 2.24) is 9.13 Å². The number of nitrogens with zero attached hydrogens (tertiary/aromatic N) is 4. The maximum Gasteiger partial charge on any atom is 0.0541 e. The van der Waals surface area contributed by atoms with E-state index in [0.717, 1.165) is 71.9 Å². The van der Waals surface area contributed by atoms with Gasteiger partial charge in [-0.3, -0.25) is 0 Å². The van der Waals surface area contributed by atoms with Crippen molar-refractivity contribution in [2.75, 3.05) is 9.80 Å². The van der Waals surface area contributed by atoms with Gasteiger partial charge in [0.15, 0.2) is 0 Å². The minimum atomic E-state index is 1.00. The van der Waals surface area contributed by atoms with E-state index in [9.17, 15) is 0 Å². The normalized spacial score (nSPS) is 11.3. The first-order valence-corrected chi connectivity index (χ1v) is 40.6. The van der Waals surface area contributed by atoms with Crippen molar-refractivity contribution < 1.29 is 0 Å². The molecule has 0 radical (unpaired) electrons. The molecule has 0 fully saturated rings. The Morgan fingerprint density at radius 3 is 0.870 bits per heavy atom. The summed E-state index contributed by atoms with van der Waals surface area (Å²) in [5, 5.41) is 12.3. The summed E-state index contributed by atoms with van der Waals surface area (Å²) in [7, 11) is 0. The maximum atomic E-state index is 3.67. The lowest BCUT2D eigenvalue weighted by Gasteiger charge is -2.31.